The molecule has 0 fully saturated rings. The maximum Gasteiger partial charge on any atom is 0.0894 e. The van der Waals surface area contributed by atoms with Crippen molar-refractivity contribution in [3.8, 4) is 45.0 Å². The Kier molecular flexibility index (Phi) is 12.9. The molecule has 13 rings (SSSR count). The van der Waals surface area contributed by atoms with Crippen LogP contribution >= 0.6 is 0 Å². The van der Waals surface area contributed by atoms with Crippen LogP contribution < -0.4 is 0 Å². The van der Waals surface area contributed by atoms with E-state index in [-0.39, 0.29) is 0 Å². The summed E-state index contributed by atoms with van der Waals surface area (Å²) in [4.78, 5) is 30.3. The Bertz CT molecular complexity index is 3930. The number of pyridine rings is 4. The Morgan fingerprint density at radius 2 is 0.449 bits per heavy atom. The minimum Gasteiger partial charge on any atom is -0.256 e. The van der Waals surface area contributed by atoms with E-state index in [9.17, 15) is 0 Å². The van der Waals surface area contributed by atoms with Gasteiger partial charge in [0.15, 0.2) is 0 Å². The molecule has 78 heavy (non-hydrogen) atoms. The third-order valence-corrected chi connectivity index (χ3v) is 14.1. The molecule has 0 spiro atoms. The molecule has 0 aliphatic rings. The molecule has 6 nitrogen and oxygen atoms in total. The summed E-state index contributed by atoms with van der Waals surface area (Å²) in [6, 6.07) is 75.7. The van der Waals surface area contributed by atoms with E-state index < -0.39 is 0 Å². The lowest BCUT2D eigenvalue weighted by Crippen LogP contribution is -2.00. The minimum atomic E-state index is 0.697. The van der Waals surface area contributed by atoms with Crippen molar-refractivity contribution in [1.82, 2.24) is 29.9 Å². The van der Waals surface area contributed by atoms with Crippen molar-refractivity contribution in [2.24, 2.45) is 0 Å². The van der Waals surface area contributed by atoms with Crippen LogP contribution in [0.2, 0.25) is 0 Å². The molecule has 0 saturated heterocycles. The van der Waals surface area contributed by atoms with Crippen LogP contribution in [0.15, 0.2) is 243 Å². The standard InChI is InChI=1S/C72H48N6/c1-5-21-57-53(13-1)17-9-25-61(57)69-45-49(37-41-73-69)29-33-65-66(34-30-50-38-42-74-70(46-50)62-26-10-18-54-14-2-6-22-58(54)62)78-68(36-32-52-40-44-76-72(48-52)64-28-12-20-56-16-4-8-24-60(56)64)67(77-65)35-31-51-39-43-75-71(47-51)63-27-11-19-55-15-3-7-23-59(55)63/h1-48H. The molecule has 0 radical (unpaired) electrons. The highest BCUT2D eigenvalue weighted by Crippen LogP contribution is 2.33. The summed E-state index contributed by atoms with van der Waals surface area (Å²) in [7, 11) is 0. The highest BCUT2D eigenvalue weighted by molar-refractivity contribution is 5.99. The van der Waals surface area contributed by atoms with Gasteiger partial charge in [-0.3, -0.25) is 19.9 Å². The van der Waals surface area contributed by atoms with Gasteiger partial charge in [0.2, 0.25) is 0 Å². The Morgan fingerprint density at radius 3 is 0.705 bits per heavy atom. The van der Waals surface area contributed by atoms with E-state index >= 15 is 0 Å². The van der Waals surface area contributed by atoms with Gasteiger partial charge in [-0.15, -0.1) is 0 Å². The summed E-state index contributed by atoms with van der Waals surface area (Å²) in [5.74, 6) is 0. The van der Waals surface area contributed by atoms with Gasteiger partial charge in [-0.2, -0.15) is 0 Å². The molecule has 13 aromatic rings. The second-order valence-electron chi connectivity index (χ2n) is 19.1. The van der Waals surface area contributed by atoms with E-state index in [0.29, 0.717) is 22.8 Å². The number of benzene rings is 8. The molecule has 0 aliphatic carbocycles. The Labute approximate surface area is 452 Å². The molecule has 0 aliphatic heterocycles. The summed E-state index contributed by atoms with van der Waals surface area (Å²) in [5, 5.41) is 9.30. The number of hydrogen-bond acceptors (Lipinski definition) is 6. The number of rotatable bonds is 12. The maximum absolute atomic E-state index is 5.47. The van der Waals surface area contributed by atoms with Gasteiger partial charge in [0.05, 0.1) is 45.6 Å². The van der Waals surface area contributed by atoms with E-state index in [0.717, 1.165) is 88.8 Å². The van der Waals surface area contributed by atoms with Crippen molar-refractivity contribution in [2.45, 2.75) is 0 Å². The van der Waals surface area contributed by atoms with Crippen LogP contribution in [0.4, 0.5) is 0 Å². The van der Waals surface area contributed by atoms with Crippen molar-refractivity contribution in [2.75, 3.05) is 0 Å². The highest BCUT2D eigenvalue weighted by Gasteiger charge is 2.13. The summed E-state index contributed by atoms with van der Waals surface area (Å²) in [6.07, 6.45) is 24.1. The average molecular weight is 997 g/mol. The monoisotopic (exact) mass is 996 g/mol. The van der Waals surface area contributed by atoms with Gasteiger partial charge in [-0.05, 0) is 138 Å². The van der Waals surface area contributed by atoms with Gasteiger partial charge in [0.1, 0.15) is 0 Å². The Balaban J connectivity index is 0.936. The van der Waals surface area contributed by atoms with Crippen molar-refractivity contribution in [3.05, 3.63) is 288 Å². The van der Waals surface area contributed by atoms with Gasteiger partial charge in [-0.25, -0.2) is 9.97 Å². The summed E-state index contributed by atoms with van der Waals surface area (Å²) in [6.45, 7) is 0. The maximum atomic E-state index is 5.47. The van der Waals surface area contributed by atoms with Gasteiger partial charge in [0, 0.05) is 47.0 Å². The van der Waals surface area contributed by atoms with Crippen molar-refractivity contribution < 1.29 is 0 Å². The van der Waals surface area contributed by atoms with E-state index in [1.54, 1.807) is 0 Å². The van der Waals surface area contributed by atoms with Gasteiger partial charge in [0.25, 0.3) is 0 Å². The van der Waals surface area contributed by atoms with E-state index in [1.807, 2.05) is 49.1 Å². The molecule has 5 heterocycles. The normalized spacial score (nSPS) is 11.9. The molecular weight excluding hydrogens is 949 g/mol. The first-order valence-corrected chi connectivity index (χ1v) is 26.0. The van der Waals surface area contributed by atoms with Crippen LogP contribution in [0.3, 0.4) is 0 Å². The lowest BCUT2D eigenvalue weighted by molar-refractivity contribution is 1.12. The number of aromatic nitrogens is 6. The third kappa shape index (κ3) is 9.93. The highest BCUT2D eigenvalue weighted by atomic mass is 14.8. The third-order valence-electron chi connectivity index (χ3n) is 14.1. The average Bonchev–Trinajstić information content (AvgIpc) is 3.54. The van der Waals surface area contributed by atoms with Crippen molar-refractivity contribution in [3.63, 3.8) is 0 Å². The van der Waals surface area contributed by atoms with Crippen molar-refractivity contribution >= 4 is 91.7 Å². The Morgan fingerprint density at radius 1 is 0.218 bits per heavy atom. The topological polar surface area (TPSA) is 77.3 Å². The molecule has 0 amide bonds. The summed E-state index contributed by atoms with van der Waals surface area (Å²) in [5.41, 5.74) is 14.6. The fourth-order valence-corrected chi connectivity index (χ4v) is 10.3. The van der Waals surface area contributed by atoms with E-state index in [2.05, 4.69) is 243 Å². The largest absolute Gasteiger partial charge is 0.256 e. The van der Waals surface area contributed by atoms with Crippen LogP contribution in [-0.2, 0) is 0 Å². The van der Waals surface area contributed by atoms with E-state index in [4.69, 9.17) is 29.9 Å². The van der Waals surface area contributed by atoms with E-state index in [1.165, 1.54) is 21.5 Å². The van der Waals surface area contributed by atoms with Crippen molar-refractivity contribution in [1.29, 1.82) is 0 Å². The SMILES string of the molecule is C(=Cc1nc(C=Cc2ccnc(-c3cccc4ccccc34)c2)c(C=Cc2ccnc(-c3cccc4ccccc34)c2)nc1C=Cc1ccnc(-c2cccc3ccccc23)c1)c1ccnc(-c2cccc3ccccc23)c1. The zero-order chi connectivity index (χ0) is 52.0. The molecule has 0 N–H and O–H groups in total. The summed E-state index contributed by atoms with van der Waals surface area (Å²) < 4.78 is 0. The molecule has 0 bridgehead atoms. The second kappa shape index (κ2) is 21.4. The van der Waals surface area contributed by atoms with Gasteiger partial charge in [-0.1, -0.05) is 194 Å². The molecule has 8 aromatic carbocycles. The van der Waals surface area contributed by atoms with Crippen LogP contribution in [-0.4, -0.2) is 29.9 Å². The van der Waals surface area contributed by atoms with Crippen LogP contribution in [0, 0.1) is 0 Å². The summed E-state index contributed by atoms with van der Waals surface area (Å²) >= 11 is 0. The zero-order valence-electron chi connectivity index (χ0n) is 42.4. The van der Waals surface area contributed by atoms with Crippen LogP contribution in [0.1, 0.15) is 45.0 Å². The fraction of sp³-hybridized carbons (Fsp3) is 0. The number of hydrogen-bond donors (Lipinski definition) is 0. The van der Waals surface area contributed by atoms with Crippen LogP contribution in [0.5, 0.6) is 0 Å². The molecule has 6 heteroatoms. The zero-order valence-corrected chi connectivity index (χ0v) is 42.4. The number of nitrogens with zero attached hydrogens (tertiary/aromatic N) is 6. The lowest BCUT2D eigenvalue weighted by Gasteiger charge is -2.09. The molecule has 0 unspecified atom stereocenters. The van der Waals surface area contributed by atoms with Gasteiger partial charge >= 0.3 is 0 Å². The predicted octanol–water partition coefficient (Wildman–Crippen LogP) is 18.0. The first kappa shape index (κ1) is 47.2. The second-order valence-corrected chi connectivity index (χ2v) is 19.1. The predicted molar refractivity (Wildman–Crippen MR) is 326 cm³/mol. The van der Waals surface area contributed by atoms with Gasteiger partial charge < -0.3 is 0 Å². The molecule has 0 saturated carbocycles. The quantitative estimate of drug-likeness (QED) is 0.121. The number of fused-ring (bicyclic) bond motifs is 4. The first-order valence-electron chi connectivity index (χ1n) is 26.0. The molecule has 0 atom stereocenters. The fourth-order valence-electron chi connectivity index (χ4n) is 10.3. The first-order chi connectivity index (χ1) is 38.6. The molecule has 366 valence electrons. The minimum absolute atomic E-state index is 0.697. The van der Waals surface area contributed by atoms with Crippen LogP contribution in [0.25, 0.3) is 137 Å². The smallest absolute Gasteiger partial charge is 0.0894 e. The Hall–Kier alpha value is -10.6. The molecular formula is C72H48N6. The lowest BCUT2D eigenvalue weighted by atomic mass is 10.0. The molecule has 5 aromatic heterocycles.